The second-order valence-corrected chi connectivity index (χ2v) is 6.27. The predicted molar refractivity (Wildman–Crippen MR) is 120 cm³/mol. The predicted octanol–water partition coefficient (Wildman–Crippen LogP) is 5.80. The molecule has 0 saturated heterocycles. The summed E-state index contributed by atoms with van der Waals surface area (Å²) in [5.74, 6) is -0.405. The van der Waals surface area contributed by atoms with Gasteiger partial charge in [-0.05, 0) is 36.8 Å². The second-order valence-electron chi connectivity index (χ2n) is 6.27. The van der Waals surface area contributed by atoms with Gasteiger partial charge in [-0.15, -0.1) is 4.91 Å². The molecule has 180 valence electrons. The lowest BCUT2D eigenvalue weighted by molar-refractivity contribution is -0.133. The van der Waals surface area contributed by atoms with E-state index < -0.39 is 18.2 Å². The molecule has 0 radical (unpaired) electrons. The van der Waals surface area contributed by atoms with Crippen LogP contribution in [-0.2, 0) is 11.3 Å². The summed E-state index contributed by atoms with van der Waals surface area (Å²) in [6, 6.07) is 14.5. The van der Waals surface area contributed by atoms with E-state index in [0.29, 0.717) is 29.7 Å². The summed E-state index contributed by atoms with van der Waals surface area (Å²) in [6.45, 7) is 6.37. The van der Waals surface area contributed by atoms with Gasteiger partial charge in [0.25, 0.3) is 0 Å². The number of carboxylic acids is 1. The molecule has 10 heteroatoms. The summed E-state index contributed by atoms with van der Waals surface area (Å²) >= 11 is 0. The Bertz CT molecular complexity index is 910. The number of aldehydes is 1. The number of nitrogens with one attached hydrogen (secondary N) is 1. The van der Waals surface area contributed by atoms with Gasteiger partial charge in [0.1, 0.15) is 18.1 Å². The summed E-state index contributed by atoms with van der Waals surface area (Å²) in [7, 11) is 0. The van der Waals surface area contributed by atoms with Crippen molar-refractivity contribution in [1.29, 1.82) is 0 Å². The smallest absolute Gasteiger partial charge is 0.386 e. The molecule has 2 N–H and O–H groups in total. The maximum Gasteiger partial charge on any atom is 0.386 e. The molecule has 2 aromatic rings. The normalized spacial score (nSPS) is 13.4. The average molecular weight is 468 g/mol. The highest BCUT2D eigenvalue weighted by Crippen LogP contribution is 2.30. The molecule has 7 nitrogen and oxygen atoms in total. The number of carboxylic acid groups (broad SMARTS) is 1. The molecule has 0 spiro atoms. The van der Waals surface area contributed by atoms with Crippen molar-refractivity contribution in [3.8, 4) is 5.75 Å². The number of rotatable bonds is 5. The van der Waals surface area contributed by atoms with Crippen LogP contribution in [0, 0.1) is 4.91 Å². The van der Waals surface area contributed by atoms with Crippen molar-refractivity contribution in [2.75, 3.05) is 0 Å². The molecule has 1 unspecified atom stereocenters. The first-order valence-corrected chi connectivity index (χ1v) is 9.91. The van der Waals surface area contributed by atoms with Gasteiger partial charge in [-0.2, -0.15) is 13.2 Å². The third-order valence-electron chi connectivity index (χ3n) is 3.66. The number of hydrogen-bond donors (Lipinski definition) is 2. The van der Waals surface area contributed by atoms with Crippen LogP contribution in [0.15, 0.2) is 59.4 Å². The molecular formula is C23H27F3N2O5. The Morgan fingerprint density at radius 2 is 1.76 bits per heavy atom. The number of hydrogen-bond acceptors (Lipinski definition) is 5. The number of aliphatic carboxylic acids is 1. The van der Waals surface area contributed by atoms with E-state index in [1.54, 1.807) is 31.2 Å². The molecule has 1 atom stereocenters. The van der Waals surface area contributed by atoms with E-state index in [2.05, 4.69) is 10.7 Å². The standard InChI is InChI=1S/C12H10O4.C7H8N2O.C2H3F3.C2H6/c1-7-10(12(14)15)5-9-4-8(6-13)2-3-11(9)16-7;10-9-8-6-7-4-2-1-3-5-7;1-2(3,4)5;1-2/h2-7H,1H3,(H,14,15);1-5H,6H2,(H,8,10);1H3;1-2H3. The molecule has 0 aliphatic carbocycles. The van der Waals surface area contributed by atoms with E-state index in [9.17, 15) is 27.7 Å². The Balaban J connectivity index is 0.000000515. The molecule has 0 bridgehead atoms. The number of carbonyl (C=O) groups excluding carboxylic acids is 1. The van der Waals surface area contributed by atoms with E-state index >= 15 is 0 Å². The first-order chi connectivity index (χ1) is 15.5. The van der Waals surface area contributed by atoms with Crippen molar-refractivity contribution in [2.45, 2.75) is 46.5 Å². The number of nitroso groups, excluding NO2 is 1. The summed E-state index contributed by atoms with van der Waals surface area (Å²) in [4.78, 5) is 31.1. The molecule has 33 heavy (non-hydrogen) atoms. The van der Waals surface area contributed by atoms with Crippen molar-refractivity contribution in [3.05, 3.63) is 75.7 Å². The fourth-order valence-corrected chi connectivity index (χ4v) is 2.35. The van der Waals surface area contributed by atoms with Crippen LogP contribution >= 0.6 is 0 Å². The Labute approximate surface area is 190 Å². The number of alkyl halides is 3. The molecule has 1 heterocycles. The zero-order chi connectivity index (χ0) is 25.4. The number of halogens is 3. The quantitative estimate of drug-likeness (QED) is 0.326. The SMILES string of the molecule is CC.CC(F)(F)F.CC1Oc2ccc(C=O)cc2C=C1C(=O)O.O=NNCc1ccccc1. The maximum absolute atomic E-state index is 10.9. The van der Waals surface area contributed by atoms with Gasteiger partial charge in [0.2, 0.25) is 0 Å². The molecule has 1 aliphatic rings. The van der Waals surface area contributed by atoms with Crippen LogP contribution in [0.2, 0.25) is 0 Å². The minimum Gasteiger partial charge on any atom is -0.485 e. The van der Waals surface area contributed by atoms with Gasteiger partial charge in [-0.1, -0.05) is 44.2 Å². The van der Waals surface area contributed by atoms with Crippen molar-refractivity contribution in [1.82, 2.24) is 5.43 Å². The van der Waals surface area contributed by atoms with Crippen LogP contribution in [0.25, 0.3) is 6.08 Å². The molecule has 3 rings (SSSR count). The Kier molecular flexibility index (Phi) is 13.5. The summed E-state index contributed by atoms with van der Waals surface area (Å²) < 4.78 is 36.5. The van der Waals surface area contributed by atoms with Crippen molar-refractivity contribution in [3.63, 3.8) is 0 Å². The van der Waals surface area contributed by atoms with Crippen molar-refractivity contribution < 1.29 is 32.6 Å². The highest BCUT2D eigenvalue weighted by molar-refractivity contribution is 5.95. The fraction of sp³-hybridized carbons (Fsp3) is 0.304. The Hall–Kier alpha value is -3.69. The van der Waals surface area contributed by atoms with Crippen LogP contribution in [0.3, 0.4) is 0 Å². The van der Waals surface area contributed by atoms with Gasteiger partial charge < -0.3 is 9.84 Å². The number of fused-ring (bicyclic) bond motifs is 1. The maximum atomic E-state index is 10.9. The van der Waals surface area contributed by atoms with E-state index in [-0.39, 0.29) is 12.5 Å². The van der Waals surface area contributed by atoms with Crippen LogP contribution in [0.1, 0.15) is 49.2 Å². The van der Waals surface area contributed by atoms with Gasteiger partial charge in [-0.3, -0.25) is 10.2 Å². The molecule has 0 aromatic heterocycles. The van der Waals surface area contributed by atoms with Crippen LogP contribution in [0.4, 0.5) is 13.2 Å². The molecular weight excluding hydrogens is 441 g/mol. The van der Waals surface area contributed by atoms with Crippen LogP contribution in [0.5, 0.6) is 5.75 Å². The minimum atomic E-state index is -4.00. The molecule has 1 aliphatic heterocycles. The molecule has 0 fully saturated rings. The average Bonchev–Trinajstić information content (AvgIpc) is 2.78. The Morgan fingerprint density at radius 3 is 2.24 bits per heavy atom. The molecule has 2 aromatic carbocycles. The van der Waals surface area contributed by atoms with Gasteiger partial charge >= 0.3 is 12.1 Å². The number of nitrogens with zero attached hydrogens (tertiary/aromatic N) is 1. The van der Waals surface area contributed by atoms with E-state index in [1.165, 1.54) is 0 Å². The van der Waals surface area contributed by atoms with E-state index in [4.69, 9.17) is 9.84 Å². The number of carbonyl (C=O) groups is 2. The summed E-state index contributed by atoms with van der Waals surface area (Å²) in [5, 5.41) is 11.5. The first-order valence-electron chi connectivity index (χ1n) is 9.91. The second kappa shape index (κ2) is 15.2. The largest absolute Gasteiger partial charge is 0.485 e. The monoisotopic (exact) mass is 468 g/mol. The zero-order valence-corrected chi connectivity index (χ0v) is 18.7. The number of benzene rings is 2. The lowest BCUT2D eigenvalue weighted by Gasteiger charge is -2.22. The zero-order valence-electron chi connectivity index (χ0n) is 18.7. The topological polar surface area (TPSA) is 105 Å². The van der Waals surface area contributed by atoms with Crippen molar-refractivity contribution in [2.24, 2.45) is 5.29 Å². The summed E-state index contributed by atoms with van der Waals surface area (Å²) in [6.07, 6.45) is -2.22. The number of ether oxygens (including phenoxy) is 1. The van der Waals surface area contributed by atoms with Gasteiger partial charge in [-0.25, -0.2) is 4.79 Å². The van der Waals surface area contributed by atoms with Gasteiger partial charge in [0.15, 0.2) is 0 Å². The highest BCUT2D eigenvalue weighted by atomic mass is 19.4. The van der Waals surface area contributed by atoms with Gasteiger partial charge in [0.05, 0.1) is 12.1 Å². The lowest BCUT2D eigenvalue weighted by Crippen LogP contribution is -2.24. The van der Waals surface area contributed by atoms with Crippen molar-refractivity contribution >= 4 is 18.3 Å². The molecule has 0 amide bonds. The van der Waals surface area contributed by atoms with Gasteiger partial charge in [0, 0.05) is 23.3 Å². The highest BCUT2D eigenvalue weighted by Gasteiger charge is 2.23. The third kappa shape index (κ3) is 12.7. The van der Waals surface area contributed by atoms with E-state index in [0.717, 1.165) is 5.56 Å². The first kappa shape index (κ1) is 29.3. The minimum absolute atomic E-state index is 0.188. The Morgan fingerprint density at radius 1 is 1.18 bits per heavy atom. The van der Waals surface area contributed by atoms with E-state index in [1.807, 2.05) is 44.2 Å². The van der Waals surface area contributed by atoms with Crippen LogP contribution in [-0.4, -0.2) is 29.6 Å². The fourth-order valence-electron chi connectivity index (χ4n) is 2.35. The summed E-state index contributed by atoms with van der Waals surface area (Å²) in [5.41, 5.74) is 4.70. The third-order valence-corrected chi connectivity index (χ3v) is 3.66. The molecule has 0 saturated carbocycles. The lowest BCUT2D eigenvalue weighted by atomic mass is 10.0. The van der Waals surface area contributed by atoms with Crippen LogP contribution < -0.4 is 10.2 Å².